The lowest BCUT2D eigenvalue weighted by Gasteiger charge is -2.13. The summed E-state index contributed by atoms with van der Waals surface area (Å²) in [5, 5.41) is 2.49. The molecule has 2 N–H and O–H groups in total. The molecule has 0 aliphatic carbocycles. The molecule has 2 aromatic rings. The summed E-state index contributed by atoms with van der Waals surface area (Å²) >= 11 is 5.55. The molecular formula is C10H9ClF3N5. The Bertz CT molecular complexity index is 555. The molecule has 9 heteroatoms. The Hall–Kier alpha value is -1.83. The molecule has 2 rings (SSSR count). The highest BCUT2D eigenvalue weighted by atomic mass is 35.5. The van der Waals surface area contributed by atoms with Crippen LogP contribution in [0.4, 0.5) is 19.0 Å². The minimum Gasteiger partial charge on any atom is -0.360 e. The van der Waals surface area contributed by atoms with Crippen LogP contribution in [0.1, 0.15) is 24.6 Å². The van der Waals surface area contributed by atoms with Crippen LogP contribution < -0.4 is 5.32 Å². The minimum absolute atomic E-state index is 0.0174. The number of halogens is 4. The fourth-order valence-electron chi connectivity index (χ4n) is 1.42. The summed E-state index contributed by atoms with van der Waals surface area (Å²) < 4.78 is 37.6. The first-order valence-corrected chi connectivity index (χ1v) is 5.61. The van der Waals surface area contributed by atoms with Gasteiger partial charge in [-0.3, -0.25) is 0 Å². The first kappa shape index (κ1) is 13.6. The number of rotatable bonds is 3. The summed E-state index contributed by atoms with van der Waals surface area (Å²) in [6.45, 7) is 1.72. The lowest BCUT2D eigenvalue weighted by Crippen LogP contribution is -2.15. The molecule has 1 atom stereocenters. The third kappa shape index (κ3) is 3.34. The van der Waals surface area contributed by atoms with E-state index >= 15 is 0 Å². The summed E-state index contributed by atoms with van der Waals surface area (Å²) in [5.41, 5.74) is 0. The molecule has 0 saturated carbocycles. The summed E-state index contributed by atoms with van der Waals surface area (Å²) in [7, 11) is 0. The molecule has 0 bridgehead atoms. The van der Waals surface area contributed by atoms with E-state index in [9.17, 15) is 13.2 Å². The quantitative estimate of drug-likeness (QED) is 0.853. The van der Waals surface area contributed by atoms with Crippen molar-refractivity contribution in [1.82, 2.24) is 19.9 Å². The van der Waals surface area contributed by atoms with Crippen molar-refractivity contribution in [2.45, 2.75) is 19.1 Å². The van der Waals surface area contributed by atoms with E-state index in [-0.39, 0.29) is 17.0 Å². The van der Waals surface area contributed by atoms with Crippen molar-refractivity contribution in [1.29, 1.82) is 0 Å². The molecule has 0 radical (unpaired) electrons. The van der Waals surface area contributed by atoms with E-state index in [0.717, 1.165) is 0 Å². The fourth-order valence-corrected chi connectivity index (χ4v) is 1.61. The third-order valence-corrected chi connectivity index (χ3v) is 2.44. The van der Waals surface area contributed by atoms with Crippen LogP contribution in [0.25, 0.3) is 0 Å². The van der Waals surface area contributed by atoms with Gasteiger partial charge in [-0.25, -0.2) is 15.0 Å². The second kappa shape index (κ2) is 5.04. The van der Waals surface area contributed by atoms with E-state index in [4.69, 9.17) is 11.6 Å². The topological polar surface area (TPSA) is 66.5 Å². The van der Waals surface area contributed by atoms with Crippen molar-refractivity contribution in [2.24, 2.45) is 0 Å². The van der Waals surface area contributed by atoms with Crippen LogP contribution in [-0.4, -0.2) is 19.9 Å². The number of imidazole rings is 1. The summed E-state index contributed by atoms with van der Waals surface area (Å²) in [4.78, 5) is 13.4. The first-order valence-electron chi connectivity index (χ1n) is 5.24. The molecule has 102 valence electrons. The monoisotopic (exact) mass is 291 g/mol. The van der Waals surface area contributed by atoms with Crippen LogP contribution in [0.15, 0.2) is 18.5 Å². The normalized spacial score (nSPS) is 13.3. The lowest BCUT2D eigenvalue weighted by atomic mass is 10.3. The highest BCUT2D eigenvalue weighted by Crippen LogP contribution is 2.28. The molecule has 19 heavy (non-hydrogen) atoms. The minimum atomic E-state index is -4.64. The van der Waals surface area contributed by atoms with Gasteiger partial charge >= 0.3 is 6.18 Å². The Morgan fingerprint density at radius 1 is 1.37 bits per heavy atom. The van der Waals surface area contributed by atoms with Gasteiger partial charge in [0.2, 0.25) is 5.82 Å². The van der Waals surface area contributed by atoms with Gasteiger partial charge in [0.15, 0.2) is 0 Å². The molecule has 0 aliphatic rings. The fraction of sp³-hybridized carbons (Fsp3) is 0.300. The second-order valence-electron chi connectivity index (χ2n) is 3.74. The zero-order valence-electron chi connectivity index (χ0n) is 9.66. The predicted molar refractivity (Wildman–Crippen MR) is 62.7 cm³/mol. The number of nitrogens with one attached hydrogen (secondary N) is 2. The number of H-pyrrole nitrogens is 1. The van der Waals surface area contributed by atoms with Crippen molar-refractivity contribution in [2.75, 3.05) is 5.32 Å². The molecule has 0 aliphatic heterocycles. The number of aromatic nitrogens is 4. The third-order valence-electron chi connectivity index (χ3n) is 2.24. The zero-order valence-corrected chi connectivity index (χ0v) is 10.4. The van der Waals surface area contributed by atoms with Gasteiger partial charge in [-0.2, -0.15) is 13.2 Å². The van der Waals surface area contributed by atoms with E-state index in [0.29, 0.717) is 5.82 Å². The summed E-state index contributed by atoms with van der Waals surface area (Å²) in [5.74, 6) is -0.728. The smallest absolute Gasteiger partial charge is 0.360 e. The Labute approximate surface area is 111 Å². The van der Waals surface area contributed by atoms with Crippen molar-refractivity contribution in [3.8, 4) is 0 Å². The van der Waals surface area contributed by atoms with E-state index in [2.05, 4.69) is 25.3 Å². The molecular weight excluding hydrogens is 283 g/mol. The molecule has 2 aromatic heterocycles. The van der Waals surface area contributed by atoms with Crippen LogP contribution in [0.2, 0.25) is 5.15 Å². The highest BCUT2D eigenvalue weighted by Gasteiger charge is 2.35. The van der Waals surface area contributed by atoms with E-state index in [1.165, 1.54) is 6.07 Å². The van der Waals surface area contributed by atoms with E-state index in [1.807, 2.05) is 0 Å². The zero-order chi connectivity index (χ0) is 14.0. The number of alkyl halides is 3. The number of hydrogen-bond donors (Lipinski definition) is 2. The Morgan fingerprint density at radius 3 is 2.68 bits per heavy atom. The maximum absolute atomic E-state index is 12.5. The Balaban J connectivity index is 2.23. The van der Waals surface area contributed by atoms with E-state index < -0.39 is 12.0 Å². The molecule has 0 aromatic carbocycles. The van der Waals surface area contributed by atoms with Crippen molar-refractivity contribution in [3.63, 3.8) is 0 Å². The SMILES string of the molecule is CC(Nc1cc(Cl)nc(C(F)(F)F)n1)c1ncc[nH]1. The molecule has 0 amide bonds. The number of aromatic amines is 1. The van der Waals surface area contributed by atoms with Crippen molar-refractivity contribution < 1.29 is 13.2 Å². The van der Waals surface area contributed by atoms with Gasteiger partial charge in [0.1, 0.15) is 16.8 Å². The highest BCUT2D eigenvalue weighted by molar-refractivity contribution is 6.29. The average Bonchev–Trinajstić information content (AvgIpc) is 2.80. The molecule has 1 unspecified atom stereocenters. The van der Waals surface area contributed by atoms with E-state index in [1.54, 1.807) is 19.3 Å². The lowest BCUT2D eigenvalue weighted by molar-refractivity contribution is -0.144. The van der Waals surface area contributed by atoms with Gasteiger partial charge in [-0.05, 0) is 6.92 Å². The standard InChI is InChI=1S/C10H9ClF3N5/c1-5(8-15-2-3-16-8)17-7-4-6(11)18-9(19-7)10(12,13)14/h2-5H,1H3,(H,15,16)(H,17,18,19). The molecule has 0 saturated heterocycles. The van der Waals surface area contributed by atoms with Gasteiger partial charge in [-0.15, -0.1) is 0 Å². The van der Waals surface area contributed by atoms with Crippen LogP contribution in [0, 0.1) is 0 Å². The van der Waals surface area contributed by atoms with Gasteiger partial charge < -0.3 is 10.3 Å². The van der Waals surface area contributed by atoms with Crippen molar-refractivity contribution >= 4 is 17.4 Å². The molecule has 0 fully saturated rings. The van der Waals surface area contributed by atoms with Crippen molar-refractivity contribution in [3.05, 3.63) is 35.3 Å². The molecule has 5 nitrogen and oxygen atoms in total. The van der Waals surface area contributed by atoms with Gasteiger partial charge in [0.05, 0.1) is 6.04 Å². The average molecular weight is 292 g/mol. The predicted octanol–water partition coefficient (Wildman–Crippen LogP) is 3.04. The number of anilines is 1. The van der Waals surface area contributed by atoms with Crippen LogP contribution in [0.3, 0.4) is 0 Å². The Kier molecular flexibility index (Phi) is 3.61. The van der Waals surface area contributed by atoms with Gasteiger partial charge in [0, 0.05) is 18.5 Å². The second-order valence-corrected chi connectivity index (χ2v) is 4.12. The van der Waals surface area contributed by atoms with Crippen LogP contribution in [-0.2, 0) is 6.18 Å². The van der Waals surface area contributed by atoms with Crippen LogP contribution >= 0.6 is 11.6 Å². The molecule has 2 heterocycles. The van der Waals surface area contributed by atoms with Crippen LogP contribution in [0.5, 0.6) is 0 Å². The number of hydrogen-bond acceptors (Lipinski definition) is 4. The summed E-state index contributed by atoms with van der Waals surface area (Å²) in [6.07, 6.45) is -1.49. The number of nitrogens with zero attached hydrogens (tertiary/aromatic N) is 3. The maximum Gasteiger partial charge on any atom is 0.451 e. The van der Waals surface area contributed by atoms with Gasteiger partial charge in [-0.1, -0.05) is 11.6 Å². The summed E-state index contributed by atoms with van der Waals surface area (Å²) in [6, 6.07) is 0.873. The largest absolute Gasteiger partial charge is 0.451 e. The van der Waals surface area contributed by atoms with Gasteiger partial charge in [0.25, 0.3) is 0 Å². The Morgan fingerprint density at radius 2 is 2.11 bits per heavy atom. The maximum atomic E-state index is 12.5. The first-order chi connectivity index (χ1) is 8.86. The molecule has 0 spiro atoms.